The maximum atomic E-state index is 3.57. The Labute approximate surface area is 80.2 Å². The fourth-order valence-electron chi connectivity index (χ4n) is 2.11. The van der Waals surface area contributed by atoms with E-state index in [-0.39, 0.29) is 0 Å². The minimum absolute atomic E-state index is 0.706. The van der Waals surface area contributed by atoms with Gasteiger partial charge in [-0.15, -0.1) is 0 Å². The summed E-state index contributed by atoms with van der Waals surface area (Å²) in [6.45, 7) is 2.34. The average Bonchev–Trinajstić information content (AvgIpc) is 2.53. The zero-order chi connectivity index (χ0) is 9.10. The molecule has 1 aliphatic rings. The van der Waals surface area contributed by atoms with Crippen LogP contribution in [-0.2, 0) is 0 Å². The van der Waals surface area contributed by atoms with E-state index in [4.69, 9.17) is 0 Å². The number of hydrogen-bond donors (Lipinski definition) is 1. The quantitative estimate of drug-likeness (QED) is 0.727. The second-order valence-electron chi connectivity index (χ2n) is 4.13. The van der Waals surface area contributed by atoms with Gasteiger partial charge in [-0.3, -0.25) is 0 Å². The molecule has 0 amide bonds. The lowest BCUT2D eigenvalue weighted by atomic mass is 10.1. The summed E-state index contributed by atoms with van der Waals surface area (Å²) in [5.74, 6) is 0.904. The van der Waals surface area contributed by atoms with Crippen molar-refractivity contribution in [3.63, 3.8) is 0 Å². The first-order valence-corrected chi connectivity index (χ1v) is 5.16. The Kier molecular flexibility index (Phi) is 2.53. The predicted molar refractivity (Wildman–Crippen MR) is 56.9 cm³/mol. The number of anilines is 1. The molecule has 1 heteroatoms. The van der Waals surface area contributed by atoms with Crippen LogP contribution in [0.4, 0.5) is 5.69 Å². The minimum atomic E-state index is 0.706. The number of hydrogen-bond acceptors (Lipinski definition) is 1. The molecule has 1 aromatic rings. The van der Waals surface area contributed by atoms with Gasteiger partial charge in [-0.2, -0.15) is 0 Å². The Morgan fingerprint density at radius 2 is 1.92 bits per heavy atom. The van der Waals surface area contributed by atoms with Crippen molar-refractivity contribution >= 4 is 5.69 Å². The molecule has 2 atom stereocenters. The lowest BCUT2D eigenvalue weighted by molar-refractivity contribution is 0.602. The van der Waals surface area contributed by atoms with E-state index in [9.17, 15) is 0 Å². The molecule has 13 heavy (non-hydrogen) atoms. The summed E-state index contributed by atoms with van der Waals surface area (Å²) in [5.41, 5.74) is 1.27. The Balaban J connectivity index is 1.92. The van der Waals surface area contributed by atoms with Crippen molar-refractivity contribution in [2.75, 3.05) is 5.32 Å². The van der Waals surface area contributed by atoms with E-state index in [1.165, 1.54) is 24.9 Å². The molecule has 1 aliphatic carbocycles. The largest absolute Gasteiger partial charge is 0.382 e. The van der Waals surface area contributed by atoms with Crippen LogP contribution in [0.1, 0.15) is 26.2 Å². The summed E-state index contributed by atoms with van der Waals surface area (Å²) < 4.78 is 0. The maximum Gasteiger partial charge on any atom is 0.0342 e. The Bertz CT molecular complexity index is 255. The molecule has 0 aromatic heterocycles. The van der Waals surface area contributed by atoms with Crippen LogP contribution in [-0.4, -0.2) is 6.04 Å². The molecule has 70 valence electrons. The number of rotatable bonds is 2. The van der Waals surface area contributed by atoms with Crippen LogP contribution in [0, 0.1) is 5.92 Å². The maximum absolute atomic E-state index is 3.57. The molecule has 1 aromatic carbocycles. The summed E-state index contributed by atoms with van der Waals surface area (Å²) in [6, 6.07) is 11.2. The highest BCUT2D eigenvalue weighted by Crippen LogP contribution is 2.27. The SMILES string of the molecule is C[C@H]1CCC(Nc2ccccc2)C1. The first kappa shape index (κ1) is 8.61. The average molecular weight is 175 g/mol. The molecule has 0 radical (unpaired) electrons. The van der Waals surface area contributed by atoms with Crippen LogP contribution >= 0.6 is 0 Å². The number of para-hydroxylation sites is 1. The van der Waals surface area contributed by atoms with Gasteiger partial charge in [0.05, 0.1) is 0 Å². The van der Waals surface area contributed by atoms with E-state index in [2.05, 4.69) is 42.6 Å². The van der Waals surface area contributed by atoms with Gasteiger partial charge in [0, 0.05) is 11.7 Å². The fourth-order valence-corrected chi connectivity index (χ4v) is 2.11. The molecule has 0 aliphatic heterocycles. The number of nitrogens with one attached hydrogen (secondary N) is 1. The van der Waals surface area contributed by atoms with Crippen molar-refractivity contribution in [1.82, 2.24) is 0 Å². The van der Waals surface area contributed by atoms with Gasteiger partial charge >= 0.3 is 0 Å². The van der Waals surface area contributed by atoms with Crippen molar-refractivity contribution in [2.24, 2.45) is 5.92 Å². The topological polar surface area (TPSA) is 12.0 Å². The molecule has 2 rings (SSSR count). The summed E-state index contributed by atoms with van der Waals surface area (Å²) >= 11 is 0. The Morgan fingerprint density at radius 3 is 2.54 bits per heavy atom. The third-order valence-corrected chi connectivity index (χ3v) is 2.84. The predicted octanol–water partition coefficient (Wildman–Crippen LogP) is 3.29. The molecular formula is C12H17N. The zero-order valence-corrected chi connectivity index (χ0v) is 8.16. The summed E-state index contributed by atoms with van der Waals surface area (Å²) in [7, 11) is 0. The lowest BCUT2D eigenvalue weighted by Crippen LogP contribution is -2.14. The second-order valence-corrected chi connectivity index (χ2v) is 4.13. The van der Waals surface area contributed by atoms with Gasteiger partial charge in [0.15, 0.2) is 0 Å². The molecule has 0 saturated heterocycles. The highest BCUT2D eigenvalue weighted by molar-refractivity contribution is 5.43. The van der Waals surface area contributed by atoms with Crippen molar-refractivity contribution in [1.29, 1.82) is 0 Å². The molecule has 1 nitrogen and oxygen atoms in total. The van der Waals surface area contributed by atoms with Crippen molar-refractivity contribution in [3.8, 4) is 0 Å². The van der Waals surface area contributed by atoms with Crippen LogP contribution in [0.2, 0.25) is 0 Å². The third-order valence-electron chi connectivity index (χ3n) is 2.84. The van der Waals surface area contributed by atoms with E-state index in [0.717, 1.165) is 5.92 Å². The minimum Gasteiger partial charge on any atom is -0.382 e. The van der Waals surface area contributed by atoms with Crippen molar-refractivity contribution < 1.29 is 0 Å². The molecule has 0 heterocycles. The van der Waals surface area contributed by atoms with Gasteiger partial charge in [0.2, 0.25) is 0 Å². The van der Waals surface area contributed by atoms with Gasteiger partial charge in [0.25, 0.3) is 0 Å². The van der Waals surface area contributed by atoms with Gasteiger partial charge in [-0.1, -0.05) is 25.1 Å². The highest BCUT2D eigenvalue weighted by Gasteiger charge is 2.20. The molecule has 1 N–H and O–H groups in total. The van der Waals surface area contributed by atoms with E-state index >= 15 is 0 Å². The zero-order valence-electron chi connectivity index (χ0n) is 8.16. The molecule has 0 bridgehead atoms. The summed E-state index contributed by atoms with van der Waals surface area (Å²) in [5, 5.41) is 3.57. The van der Waals surface area contributed by atoms with Crippen LogP contribution in [0.25, 0.3) is 0 Å². The molecule has 1 fully saturated rings. The van der Waals surface area contributed by atoms with Crippen LogP contribution in [0.5, 0.6) is 0 Å². The van der Waals surface area contributed by atoms with Gasteiger partial charge < -0.3 is 5.32 Å². The fraction of sp³-hybridized carbons (Fsp3) is 0.500. The van der Waals surface area contributed by atoms with Crippen molar-refractivity contribution in [2.45, 2.75) is 32.2 Å². The van der Waals surface area contributed by atoms with Crippen LogP contribution in [0.3, 0.4) is 0 Å². The van der Waals surface area contributed by atoms with E-state index in [1.807, 2.05) is 0 Å². The van der Waals surface area contributed by atoms with Crippen molar-refractivity contribution in [3.05, 3.63) is 30.3 Å². The van der Waals surface area contributed by atoms with E-state index in [1.54, 1.807) is 0 Å². The monoisotopic (exact) mass is 175 g/mol. The number of benzene rings is 1. The molecule has 0 spiro atoms. The van der Waals surface area contributed by atoms with Crippen LogP contribution in [0.15, 0.2) is 30.3 Å². The first-order chi connectivity index (χ1) is 6.34. The van der Waals surface area contributed by atoms with Gasteiger partial charge in [-0.05, 0) is 37.3 Å². The van der Waals surface area contributed by atoms with Gasteiger partial charge in [0.1, 0.15) is 0 Å². The van der Waals surface area contributed by atoms with Gasteiger partial charge in [-0.25, -0.2) is 0 Å². The van der Waals surface area contributed by atoms with E-state index < -0.39 is 0 Å². The molecule has 1 saturated carbocycles. The summed E-state index contributed by atoms with van der Waals surface area (Å²) in [6.07, 6.45) is 4.04. The molecular weight excluding hydrogens is 158 g/mol. The lowest BCUT2D eigenvalue weighted by Gasteiger charge is -2.13. The molecule has 1 unspecified atom stereocenters. The third kappa shape index (κ3) is 2.24. The Morgan fingerprint density at radius 1 is 1.15 bits per heavy atom. The Hall–Kier alpha value is -0.980. The van der Waals surface area contributed by atoms with E-state index in [0.29, 0.717) is 6.04 Å². The highest BCUT2D eigenvalue weighted by atomic mass is 14.9. The smallest absolute Gasteiger partial charge is 0.0342 e. The summed E-state index contributed by atoms with van der Waals surface area (Å²) in [4.78, 5) is 0. The standard InChI is InChI=1S/C12H17N/c1-10-7-8-12(9-10)13-11-5-3-2-4-6-11/h2-6,10,12-13H,7-9H2,1H3/t10-,12?/m0/s1. The normalized spacial score (nSPS) is 27.5. The van der Waals surface area contributed by atoms with Crippen LogP contribution < -0.4 is 5.32 Å². The second kappa shape index (κ2) is 3.82. The first-order valence-electron chi connectivity index (χ1n) is 5.16.